The van der Waals surface area contributed by atoms with E-state index < -0.39 is 5.60 Å². The monoisotopic (exact) mass is 365 g/mol. The van der Waals surface area contributed by atoms with Crippen LogP contribution in [0.4, 0.5) is 0 Å². The summed E-state index contributed by atoms with van der Waals surface area (Å²) >= 11 is 0. The Morgan fingerprint density at radius 3 is 2.11 bits per heavy atom. The molecular weight excluding hydrogens is 342 g/mol. The number of nitrogens with zero attached hydrogens (tertiary/aromatic N) is 1. The second-order valence-electron chi connectivity index (χ2n) is 7.99. The Bertz CT molecular complexity index is 971. The van der Waals surface area contributed by atoms with Gasteiger partial charge in [0.2, 0.25) is 0 Å². The Kier molecular flexibility index (Phi) is 3.64. The number of hydrogen-bond acceptors (Lipinski definition) is 4. The van der Waals surface area contributed by atoms with E-state index in [2.05, 4.69) is 0 Å². The van der Waals surface area contributed by atoms with Crippen LogP contribution in [0.25, 0.3) is 0 Å². The van der Waals surface area contributed by atoms with Gasteiger partial charge >= 0.3 is 0 Å². The fourth-order valence-corrected chi connectivity index (χ4v) is 4.26. The molecule has 0 fully saturated rings. The highest BCUT2D eigenvalue weighted by molar-refractivity contribution is 6.21. The van der Waals surface area contributed by atoms with Crippen LogP contribution in [0.1, 0.15) is 62.7 Å². The number of imide groups is 1. The minimum absolute atomic E-state index is 0.217. The van der Waals surface area contributed by atoms with E-state index in [1.54, 1.807) is 24.3 Å². The van der Waals surface area contributed by atoms with Crippen molar-refractivity contribution in [2.24, 2.45) is 0 Å². The van der Waals surface area contributed by atoms with Crippen molar-refractivity contribution in [3.05, 3.63) is 57.6 Å². The number of rotatable bonds is 2. The third-order valence-electron chi connectivity index (χ3n) is 6.06. The minimum atomic E-state index is -0.604. The van der Waals surface area contributed by atoms with Gasteiger partial charge in [0, 0.05) is 18.0 Å². The minimum Gasteiger partial charge on any atom is -0.507 e. The van der Waals surface area contributed by atoms with Crippen molar-refractivity contribution in [2.75, 3.05) is 6.54 Å². The predicted molar refractivity (Wildman–Crippen MR) is 102 cm³/mol. The van der Waals surface area contributed by atoms with E-state index in [0.29, 0.717) is 11.1 Å². The summed E-state index contributed by atoms with van der Waals surface area (Å²) in [5.74, 6) is 0.241. The lowest BCUT2D eigenvalue weighted by Gasteiger charge is -2.29. The van der Waals surface area contributed by atoms with Crippen LogP contribution in [0.5, 0.6) is 11.5 Å². The van der Waals surface area contributed by atoms with Gasteiger partial charge in [-0.05, 0) is 63.4 Å². The zero-order valence-electron chi connectivity index (χ0n) is 16.2. The van der Waals surface area contributed by atoms with Crippen molar-refractivity contribution < 1.29 is 19.4 Å². The van der Waals surface area contributed by atoms with Gasteiger partial charge in [0.15, 0.2) is 0 Å². The van der Waals surface area contributed by atoms with Crippen molar-refractivity contribution in [1.82, 2.24) is 4.90 Å². The van der Waals surface area contributed by atoms with Crippen LogP contribution in [-0.2, 0) is 0 Å². The number of aromatic hydroxyl groups is 1. The topological polar surface area (TPSA) is 66.8 Å². The molecule has 2 aliphatic heterocycles. The molecular formula is C22H23NO4. The smallest absolute Gasteiger partial charge is 0.261 e. The second kappa shape index (κ2) is 5.59. The molecule has 0 bridgehead atoms. The van der Waals surface area contributed by atoms with Crippen LogP contribution in [-0.4, -0.2) is 34.0 Å². The highest BCUT2D eigenvalue weighted by atomic mass is 16.5. The Morgan fingerprint density at radius 2 is 1.56 bits per heavy atom. The van der Waals surface area contributed by atoms with E-state index in [1.165, 1.54) is 4.90 Å². The van der Waals surface area contributed by atoms with Gasteiger partial charge in [-0.1, -0.05) is 12.1 Å². The highest BCUT2D eigenvalue weighted by Gasteiger charge is 2.47. The van der Waals surface area contributed by atoms with E-state index >= 15 is 0 Å². The van der Waals surface area contributed by atoms with Crippen LogP contribution in [0.2, 0.25) is 0 Å². The third-order valence-corrected chi connectivity index (χ3v) is 6.06. The Morgan fingerprint density at radius 1 is 1.00 bits per heavy atom. The second-order valence-corrected chi connectivity index (χ2v) is 7.99. The molecule has 1 unspecified atom stereocenters. The maximum Gasteiger partial charge on any atom is 0.261 e. The Hall–Kier alpha value is -2.82. The molecule has 5 heteroatoms. The fraction of sp³-hybridized carbons (Fsp3) is 0.364. The molecule has 5 nitrogen and oxygen atoms in total. The first-order valence-electron chi connectivity index (χ1n) is 9.12. The van der Waals surface area contributed by atoms with Crippen LogP contribution in [0, 0.1) is 20.8 Å². The average Bonchev–Trinajstić information content (AvgIpc) is 3.04. The fourth-order valence-electron chi connectivity index (χ4n) is 4.26. The molecule has 0 saturated carbocycles. The first kappa shape index (κ1) is 17.6. The highest BCUT2D eigenvalue weighted by Crippen LogP contribution is 2.51. The van der Waals surface area contributed by atoms with Gasteiger partial charge in [0.1, 0.15) is 17.1 Å². The zero-order chi connectivity index (χ0) is 19.7. The molecule has 2 aliphatic rings. The van der Waals surface area contributed by atoms with E-state index in [1.807, 2.05) is 34.6 Å². The summed E-state index contributed by atoms with van der Waals surface area (Å²) in [5.41, 5.74) is 3.61. The summed E-state index contributed by atoms with van der Waals surface area (Å²) in [6.45, 7) is 9.79. The van der Waals surface area contributed by atoms with Gasteiger partial charge in [-0.15, -0.1) is 0 Å². The number of amides is 2. The maximum atomic E-state index is 12.8. The molecule has 0 aromatic heterocycles. The quantitative estimate of drug-likeness (QED) is 0.821. The molecule has 1 atom stereocenters. The molecule has 0 spiro atoms. The molecule has 4 rings (SSSR count). The number of phenols is 1. The largest absolute Gasteiger partial charge is 0.507 e. The van der Waals surface area contributed by atoms with E-state index in [-0.39, 0.29) is 30.0 Å². The van der Waals surface area contributed by atoms with E-state index in [4.69, 9.17) is 4.74 Å². The van der Waals surface area contributed by atoms with Gasteiger partial charge < -0.3 is 9.84 Å². The van der Waals surface area contributed by atoms with Gasteiger partial charge in [-0.2, -0.15) is 0 Å². The summed E-state index contributed by atoms with van der Waals surface area (Å²) in [7, 11) is 0. The summed E-state index contributed by atoms with van der Waals surface area (Å²) in [4.78, 5) is 26.9. The molecule has 27 heavy (non-hydrogen) atoms. The number of ether oxygens (including phenoxy) is 1. The Labute approximate surface area is 158 Å². The van der Waals surface area contributed by atoms with Crippen molar-refractivity contribution in [3.63, 3.8) is 0 Å². The van der Waals surface area contributed by atoms with Crippen molar-refractivity contribution in [3.8, 4) is 11.5 Å². The molecule has 0 radical (unpaired) electrons. The number of fused-ring (bicyclic) bond motifs is 2. The first-order chi connectivity index (χ1) is 12.6. The molecule has 140 valence electrons. The first-order valence-corrected chi connectivity index (χ1v) is 9.12. The van der Waals surface area contributed by atoms with E-state index in [0.717, 1.165) is 28.0 Å². The summed E-state index contributed by atoms with van der Waals surface area (Å²) in [5, 5.41) is 10.5. The van der Waals surface area contributed by atoms with Crippen LogP contribution < -0.4 is 4.74 Å². The van der Waals surface area contributed by atoms with Gasteiger partial charge in [-0.3, -0.25) is 14.5 Å². The SMILES string of the molecule is Cc1c(C)c2c(c(C)c1O)C(CN1C(=O)c3ccccc3C1=O)C(C)(C)O2. The predicted octanol–water partition coefficient (Wildman–Crippen LogP) is 3.87. The summed E-state index contributed by atoms with van der Waals surface area (Å²) in [6, 6.07) is 6.90. The van der Waals surface area contributed by atoms with Crippen molar-refractivity contribution in [1.29, 1.82) is 0 Å². The number of benzene rings is 2. The molecule has 0 aliphatic carbocycles. The van der Waals surface area contributed by atoms with Gasteiger partial charge in [-0.25, -0.2) is 0 Å². The van der Waals surface area contributed by atoms with Gasteiger partial charge in [0.05, 0.1) is 11.1 Å². The maximum absolute atomic E-state index is 12.8. The molecule has 1 N–H and O–H groups in total. The molecule has 2 aromatic carbocycles. The number of hydrogen-bond donors (Lipinski definition) is 1. The molecule has 0 saturated heterocycles. The summed E-state index contributed by atoms with van der Waals surface area (Å²) in [6.07, 6.45) is 0. The molecule has 2 heterocycles. The average molecular weight is 365 g/mol. The third kappa shape index (κ3) is 2.30. The van der Waals surface area contributed by atoms with Crippen LogP contribution in [0.15, 0.2) is 24.3 Å². The number of phenolic OH excluding ortho intramolecular Hbond substituents is 1. The molecule has 2 amide bonds. The Balaban J connectivity index is 1.79. The number of carbonyl (C=O) groups excluding carboxylic acids is 2. The lowest BCUT2D eigenvalue weighted by molar-refractivity contribution is 0.0562. The standard InChI is InChI=1S/C22H23NO4/c1-11-12(2)19-17(13(3)18(11)24)16(22(4,5)27-19)10-23-20(25)14-8-6-7-9-15(14)21(23)26/h6-9,16,24H,10H2,1-5H3. The van der Waals surface area contributed by atoms with Crippen LogP contribution in [0.3, 0.4) is 0 Å². The van der Waals surface area contributed by atoms with Crippen LogP contribution >= 0.6 is 0 Å². The zero-order valence-corrected chi connectivity index (χ0v) is 16.2. The normalized spacial score (nSPS) is 19.9. The van der Waals surface area contributed by atoms with Crippen molar-refractivity contribution in [2.45, 2.75) is 46.1 Å². The molecule has 2 aromatic rings. The lowest BCUT2D eigenvalue weighted by Crippen LogP contribution is -2.41. The number of carbonyl (C=O) groups is 2. The van der Waals surface area contributed by atoms with Gasteiger partial charge in [0.25, 0.3) is 11.8 Å². The lowest BCUT2D eigenvalue weighted by atomic mass is 9.82. The summed E-state index contributed by atoms with van der Waals surface area (Å²) < 4.78 is 6.25. The van der Waals surface area contributed by atoms with Crippen molar-refractivity contribution >= 4 is 11.8 Å². The van der Waals surface area contributed by atoms with E-state index in [9.17, 15) is 14.7 Å².